The van der Waals surface area contributed by atoms with E-state index in [9.17, 15) is 0 Å². The quantitative estimate of drug-likeness (QED) is 0.714. The van der Waals surface area contributed by atoms with Crippen molar-refractivity contribution in [1.82, 2.24) is 4.31 Å². The van der Waals surface area contributed by atoms with E-state index >= 15 is 0 Å². The Kier molecular flexibility index (Phi) is 3.65. The third-order valence-electron chi connectivity index (χ3n) is 2.53. The minimum Gasteiger partial charge on any atom is -0.246 e. The normalized spacial score (nSPS) is 17.3. The molecule has 0 saturated carbocycles. The molecule has 78 valence electrons. The van der Waals surface area contributed by atoms with Crippen LogP contribution < -0.4 is 0 Å². The van der Waals surface area contributed by atoms with Crippen molar-refractivity contribution in [3.05, 3.63) is 29.8 Å². The summed E-state index contributed by atoms with van der Waals surface area (Å²) in [5.41, 5.74) is 0.734. The summed E-state index contributed by atoms with van der Waals surface area (Å²) in [5, 5.41) is 8.68. The Morgan fingerprint density at radius 3 is 2.33 bits per heavy atom. The molecule has 15 heavy (non-hydrogen) atoms. The first-order valence-electron chi connectivity index (χ1n) is 5.31. The van der Waals surface area contributed by atoms with E-state index in [1.54, 1.807) is 0 Å². The number of piperidine rings is 1. The lowest BCUT2D eigenvalue weighted by molar-refractivity contribution is 0.380. The summed E-state index contributed by atoms with van der Waals surface area (Å²) in [6.07, 6.45) is 3.98. The molecule has 3 heteroatoms. The molecule has 1 aliphatic rings. The number of rotatable bonds is 2. The summed E-state index contributed by atoms with van der Waals surface area (Å²) in [6.45, 7) is 2.37. The Morgan fingerprint density at radius 1 is 1.07 bits per heavy atom. The van der Waals surface area contributed by atoms with Crippen LogP contribution in [0.1, 0.15) is 24.8 Å². The third-order valence-corrected chi connectivity index (χ3v) is 3.64. The summed E-state index contributed by atoms with van der Waals surface area (Å²) in [7, 11) is 0. The topological polar surface area (TPSA) is 27.0 Å². The molecule has 1 heterocycles. The summed E-state index contributed by atoms with van der Waals surface area (Å²) >= 11 is 1.81. The lowest BCUT2D eigenvalue weighted by Gasteiger charge is -2.24. The van der Waals surface area contributed by atoms with Crippen LogP contribution in [0.2, 0.25) is 0 Å². The Hall–Kier alpha value is -0.980. The molecule has 1 aliphatic heterocycles. The molecule has 0 unspecified atom stereocenters. The Bertz CT molecular complexity index is 347. The van der Waals surface area contributed by atoms with Crippen LogP contribution in [0, 0.1) is 11.3 Å². The highest BCUT2D eigenvalue weighted by Gasteiger charge is 2.10. The zero-order valence-electron chi connectivity index (χ0n) is 8.65. The number of nitrogens with zero attached hydrogens (tertiary/aromatic N) is 2. The van der Waals surface area contributed by atoms with Gasteiger partial charge in [0.1, 0.15) is 0 Å². The average molecular weight is 218 g/mol. The summed E-state index contributed by atoms with van der Waals surface area (Å²) in [6, 6.07) is 9.95. The SMILES string of the molecule is N#Cc1ccc(SN2CCCCC2)cc1. The number of hydrogen-bond acceptors (Lipinski definition) is 3. The van der Waals surface area contributed by atoms with Crippen molar-refractivity contribution >= 4 is 11.9 Å². The highest BCUT2D eigenvalue weighted by atomic mass is 32.2. The minimum absolute atomic E-state index is 0.734. The van der Waals surface area contributed by atoms with E-state index in [2.05, 4.69) is 10.4 Å². The average Bonchev–Trinajstić information content (AvgIpc) is 2.31. The van der Waals surface area contributed by atoms with Gasteiger partial charge in [0.05, 0.1) is 11.6 Å². The first-order valence-corrected chi connectivity index (χ1v) is 6.09. The molecule has 0 amide bonds. The fraction of sp³-hybridized carbons (Fsp3) is 0.417. The van der Waals surface area contributed by atoms with E-state index in [0.29, 0.717) is 0 Å². The largest absolute Gasteiger partial charge is 0.246 e. The standard InChI is InChI=1S/C12H14N2S/c13-10-11-4-6-12(7-5-11)15-14-8-2-1-3-9-14/h4-7H,1-3,8-9H2. The maximum Gasteiger partial charge on any atom is 0.0991 e. The van der Waals surface area contributed by atoms with Crippen LogP contribution in [0.15, 0.2) is 29.2 Å². The van der Waals surface area contributed by atoms with Gasteiger partial charge < -0.3 is 0 Å². The molecule has 0 spiro atoms. The van der Waals surface area contributed by atoms with E-state index in [1.807, 2.05) is 36.2 Å². The molecule has 0 N–H and O–H groups in total. The van der Waals surface area contributed by atoms with Crippen LogP contribution >= 0.6 is 11.9 Å². The second kappa shape index (κ2) is 5.20. The van der Waals surface area contributed by atoms with Gasteiger partial charge in [-0.25, -0.2) is 4.31 Å². The molecule has 2 rings (SSSR count). The molecule has 1 aromatic carbocycles. The van der Waals surface area contributed by atoms with Crippen LogP contribution in [0.5, 0.6) is 0 Å². The van der Waals surface area contributed by atoms with E-state index in [0.717, 1.165) is 5.56 Å². The molecule has 0 atom stereocenters. The first kappa shape index (κ1) is 10.5. The Morgan fingerprint density at radius 2 is 1.73 bits per heavy atom. The van der Waals surface area contributed by atoms with Gasteiger partial charge in [-0.2, -0.15) is 5.26 Å². The Labute approximate surface area is 95.0 Å². The van der Waals surface area contributed by atoms with Crippen molar-refractivity contribution in [3.8, 4) is 6.07 Å². The predicted molar refractivity (Wildman–Crippen MR) is 62.4 cm³/mol. The van der Waals surface area contributed by atoms with E-state index in [4.69, 9.17) is 5.26 Å². The molecule has 0 radical (unpaired) electrons. The van der Waals surface area contributed by atoms with Crippen molar-refractivity contribution in [2.75, 3.05) is 13.1 Å². The second-order valence-corrected chi connectivity index (χ2v) is 4.89. The summed E-state index contributed by atoms with van der Waals surface area (Å²) in [4.78, 5) is 1.23. The fourth-order valence-electron chi connectivity index (χ4n) is 1.70. The molecular weight excluding hydrogens is 204 g/mol. The number of nitriles is 1. The van der Waals surface area contributed by atoms with Gasteiger partial charge in [-0.05, 0) is 49.1 Å². The lowest BCUT2D eigenvalue weighted by atomic mass is 10.2. The van der Waals surface area contributed by atoms with Gasteiger partial charge in [-0.15, -0.1) is 0 Å². The molecule has 1 aromatic rings. The first-order chi connectivity index (χ1) is 7.38. The molecule has 1 saturated heterocycles. The van der Waals surface area contributed by atoms with E-state index in [-0.39, 0.29) is 0 Å². The van der Waals surface area contributed by atoms with Crippen LogP contribution in [0.4, 0.5) is 0 Å². The van der Waals surface area contributed by atoms with Crippen LogP contribution in [0.3, 0.4) is 0 Å². The number of benzene rings is 1. The zero-order valence-corrected chi connectivity index (χ0v) is 9.46. The highest BCUT2D eigenvalue weighted by molar-refractivity contribution is 7.97. The van der Waals surface area contributed by atoms with Gasteiger partial charge in [-0.1, -0.05) is 6.42 Å². The third kappa shape index (κ3) is 2.98. The molecule has 1 fully saturated rings. The van der Waals surface area contributed by atoms with Gasteiger partial charge in [0.25, 0.3) is 0 Å². The van der Waals surface area contributed by atoms with E-state index < -0.39 is 0 Å². The van der Waals surface area contributed by atoms with Gasteiger partial charge in [-0.3, -0.25) is 0 Å². The van der Waals surface area contributed by atoms with Crippen LogP contribution in [-0.2, 0) is 0 Å². The number of hydrogen-bond donors (Lipinski definition) is 0. The monoisotopic (exact) mass is 218 g/mol. The van der Waals surface area contributed by atoms with E-state index in [1.165, 1.54) is 37.2 Å². The van der Waals surface area contributed by atoms with Crippen molar-refractivity contribution < 1.29 is 0 Å². The summed E-state index contributed by atoms with van der Waals surface area (Å²) < 4.78 is 2.41. The van der Waals surface area contributed by atoms with Crippen molar-refractivity contribution in [1.29, 1.82) is 5.26 Å². The molecule has 0 aliphatic carbocycles. The zero-order chi connectivity index (χ0) is 10.5. The molecule has 2 nitrogen and oxygen atoms in total. The molecule has 0 bridgehead atoms. The van der Waals surface area contributed by atoms with Crippen LogP contribution in [-0.4, -0.2) is 17.4 Å². The molecular formula is C12H14N2S. The highest BCUT2D eigenvalue weighted by Crippen LogP contribution is 2.26. The summed E-state index contributed by atoms with van der Waals surface area (Å²) in [5.74, 6) is 0. The second-order valence-electron chi connectivity index (χ2n) is 3.72. The van der Waals surface area contributed by atoms with Crippen molar-refractivity contribution in [2.24, 2.45) is 0 Å². The van der Waals surface area contributed by atoms with Crippen molar-refractivity contribution in [2.45, 2.75) is 24.2 Å². The minimum atomic E-state index is 0.734. The van der Waals surface area contributed by atoms with Gasteiger partial charge >= 0.3 is 0 Å². The maximum absolute atomic E-state index is 8.68. The fourth-order valence-corrected chi connectivity index (χ4v) is 2.69. The van der Waals surface area contributed by atoms with Gasteiger partial charge in [0, 0.05) is 18.0 Å². The lowest BCUT2D eigenvalue weighted by Crippen LogP contribution is -2.22. The van der Waals surface area contributed by atoms with Crippen molar-refractivity contribution in [3.63, 3.8) is 0 Å². The molecule has 0 aromatic heterocycles. The van der Waals surface area contributed by atoms with Crippen LogP contribution in [0.25, 0.3) is 0 Å². The maximum atomic E-state index is 8.68. The predicted octanol–water partition coefficient (Wildman–Crippen LogP) is 3.05. The Balaban J connectivity index is 1.95. The van der Waals surface area contributed by atoms with Gasteiger partial charge in [0.15, 0.2) is 0 Å². The smallest absolute Gasteiger partial charge is 0.0991 e. The van der Waals surface area contributed by atoms with Gasteiger partial charge in [0.2, 0.25) is 0 Å².